The second-order valence-corrected chi connectivity index (χ2v) is 8.01. The predicted molar refractivity (Wildman–Crippen MR) is 82.5 cm³/mol. The van der Waals surface area contributed by atoms with Crippen molar-refractivity contribution < 1.29 is 0 Å². The van der Waals surface area contributed by atoms with Crippen LogP contribution >= 0.6 is 0 Å². The first-order valence-electron chi connectivity index (χ1n) is 7.93. The lowest BCUT2D eigenvalue weighted by Crippen LogP contribution is -2.58. The van der Waals surface area contributed by atoms with Crippen molar-refractivity contribution in [3.63, 3.8) is 0 Å². The summed E-state index contributed by atoms with van der Waals surface area (Å²) in [6.07, 6.45) is 0. The van der Waals surface area contributed by atoms with E-state index in [-0.39, 0.29) is 16.7 Å². The van der Waals surface area contributed by atoms with Gasteiger partial charge >= 0.3 is 0 Å². The monoisotopic (exact) mass is 263 g/mol. The van der Waals surface area contributed by atoms with Gasteiger partial charge in [0.05, 0.1) is 6.07 Å². The predicted octanol–water partition coefficient (Wildman–Crippen LogP) is 5.37. The maximum Gasteiger partial charge on any atom is 0.0655 e. The Kier molecular flexibility index (Phi) is 4.45. The van der Waals surface area contributed by atoms with Gasteiger partial charge in [-0.15, -0.1) is 0 Å². The molecular formula is C18H33N. The van der Waals surface area contributed by atoms with Crippen LogP contribution in [0.2, 0.25) is 0 Å². The Morgan fingerprint density at radius 2 is 1.32 bits per heavy atom. The summed E-state index contributed by atoms with van der Waals surface area (Å²) in [6.45, 7) is 21.3. The third-order valence-corrected chi connectivity index (χ3v) is 7.78. The van der Waals surface area contributed by atoms with Crippen molar-refractivity contribution in [1.29, 1.82) is 5.26 Å². The number of hydrogen-bond donors (Lipinski definition) is 0. The molecule has 0 aromatic carbocycles. The molecule has 0 aromatic heterocycles. The Morgan fingerprint density at radius 3 is 1.74 bits per heavy atom. The van der Waals surface area contributed by atoms with Crippen molar-refractivity contribution in [2.45, 2.75) is 62.3 Å². The van der Waals surface area contributed by atoms with E-state index in [4.69, 9.17) is 0 Å². The average molecular weight is 263 g/mol. The summed E-state index contributed by atoms with van der Waals surface area (Å²) in [6, 6.07) is 2.49. The zero-order valence-electron chi connectivity index (χ0n) is 14.4. The van der Waals surface area contributed by atoms with Crippen LogP contribution in [0.1, 0.15) is 62.3 Å². The minimum atomic E-state index is 0.125. The van der Waals surface area contributed by atoms with Gasteiger partial charge in [-0.3, -0.25) is 0 Å². The highest BCUT2D eigenvalue weighted by Crippen LogP contribution is 2.63. The third kappa shape index (κ3) is 2.12. The van der Waals surface area contributed by atoms with E-state index in [2.05, 4.69) is 68.4 Å². The van der Waals surface area contributed by atoms with Gasteiger partial charge in [-0.2, -0.15) is 5.26 Å². The lowest BCUT2D eigenvalue weighted by molar-refractivity contribution is -0.152. The fraction of sp³-hybridized carbons (Fsp3) is 0.944. The Morgan fingerprint density at radius 1 is 0.895 bits per heavy atom. The van der Waals surface area contributed by atoms with Crippen molar-refractivity contribution in [3.8, 4) is 6.07 Å². The van der Waals surface area contributed by atoms with E-state index < -0.39 is 0 Å². The summed E-state index contributed by atoms with van der Waals surface area (Å²) in [5.41, 5.74) is 0.482. The number of hydrogen-bond acceptors (Lipinski definition) is 1. The molecule has 1 nitrogen and oxygen atoms in total. The van der Waals surface area contributed by atoms with Crippen LogP contribution in [-0.2, 0) is 0 Å². The van der Waals surface area contributed by atoms with Crippen LogP contribution in [0.4, 0.5) is 0 Å². The molecule has 7 atom stereocenters. The molecule has 1 rings (SSSR count). The molecule has 0 aromatic rings. The zero-order valence-corrected chi connectivity index (χ0v) is 14.4. The molecule has 0 radical (unpaired) electrons. The molecule has 110 valence electrons. The van der Waals surface area contributed by atoms with E-state index >= 15 is 0 Å². The third-order valence-electron chi connectivity index (χ3n) is 7.78. The van der Waals surface area contributed by atoms with Crippen LogP contribution in [0.5, 0.6) is 0 Å². The maximum absolute atomic E-state index is 9.34. The van der Waals surface area contributed by atoms with Gasteiger partial charge in [-0.05, 0) is 47.3 Å². The molecule has 1 aliphatic rings. The summed E-state index contributed by atoms with van der Waals surface area (Å²) in [4.78, 5) is 0. The van der Waals surface area contributed by atoms with Gasteiger partial charge in [-0.1, -0.05) is 55.4 Å². The summed E-state index contributed by atoms with van der Waals surface area (Å²) in [7, 11) is 0. The van der Waals surface area contributed by atoms with E-state index in [0.29, 0.717) is 17.8 Å². The normalized spacial score (nSPS) is 45.3. The van der Waals surface area contributed by atoms with Crippen molar-refractivity contribution in [3.05, 3.63) is 0 Å². The fourth-order valence-corrected chi connectivity index (χ4v) is 4.82. The van der Waals surface area contributed by atoms with Gasteiger partial charge < -0.3 is 0 Å². The SMILES string of the molecule is CC(C#N)C(C)C1(C)C(C)C(C)C(C)C(C)C1(C)C. The first kappa shape index (κ1) is 16.5. The second-order valence-electron chi connectivity index (χ2n) is 8.01. The topological polar surface area (TPSA) is 23.8 Å². The molecule has 0 N–H and O–H groups in total. The molecule has 0 aliphatic heterocycles. The molecule has 1 aliphatic carbocycles. The highest BCUT2D eigenvalue weighted by atomic mass is 14.6. The highest BCUT2D eigenvalue weighted by Gasteiger charge is 2.58. The van der Waals surface area contributed by atoms with Crippen LogP contribution in [0.3, 0.4) is 0 Å². The van der Waals surface area contributed by atoms with E-state index in [0.717, 1.165) is 11.8 Å². The van der Waals surface area contributed by atoms with Crippen molar-refractivity contribution in [1.82, 2.24) is 0 Å². The Bertz CT molecular complexity index is 364. The van der Waals surface area contributed by atoms with Crippen molar-refractivity contribution in [2.75, 3.05) is 0 Å². The fourth-order valence-electron chi connectivity index (χ4n) is 4.82. The van der Waals surface area contributed by atoms with Gasteiger partial charge in [0.1, 0.15) is 0 Å². The number of nitrogens with zero attached hydrogens (tertiary/aromatic N) is 1. The summed E-state index contributed by atoms with van der Waals surface area (Å²) < 4.78 is 0. The van der Waals surface area contributed by atoms with Crippen LogP contribution in [0.15, 0.2) is 0 Å². The average Bonchev–Trinajstić information content (AvgIpc) is 2.39. The molecule has 0 bridgehead atoms. The second kappa shape index (κ2) is 5.12. The van der Waals surface area contributed by atoms with Crippen LogP contribution in [0, 0.1) is 57.7 Å². The Hall–Kier alpha value is -0.510. The van der Waals surface area contributed by atoms with Crippen LogP contribution in [0.25, 0.3) is 0 Å². The van der Waals surface area contributed by atoms with E-state index in [1.165, 1.54) is 0 Å². The van der Waals surface area contributed by atoms with Crippen molar-refractivity contribution >= 4 is 0 Å². The van der Waals surface area contributed by atoms with E-state index in [1.807, 2.05) is 0 Å². The summed E-state index contributed by atoms with van der Waals surface area (Å²) in [5.74, 6) is 3.38. The van der Waals surface area contributed by atoms with Gasteiger partial charge in [0.2, 0.25) is 0 Å². The first-order valence-corrected chi connectivity index (χ1v) is 7.93. The maximum atomic E-state index is 9.34. The van der Waals surface area contributed by atoms with Gasteiger partial charge in [0, 0.05) is 5.92 Å². The molecule has 0 heterocycles. The van der Waals surface area contributed by atoms with Gasteiger partial charge in [0.15, 0.2) is 0 Å². The van der Waals surface area contributed by atoms with E-state index in [9.17, 15) is 5.26 Å². The zero-order chi connectivity index (χ0) is 15.2. The Balaban J connectivity index is 3.32. The molecule has 1 fully saturated rings. The molecule has 7 unspecified atom stereocenters. The van der Waals surface area contributed by atoms with Gasteiger partial charge in [-0.25, -0.2) is 0 Å². The Labute approximate surface area is 120 Å². The van der Waals surface area contributed by atoms with E-state index in [1.54, 1.807) is 0 Å². The molecule has 0 spiro atoms. The lowest BCUT2D eigenvalue weighted by Gasteiger charge is -2.63. The molecule has 0 saturated heterocycles. The molecular weight excluding hydrogens is 230 g/mol. The quantitative estimate of drug-likeness (QED) is 0.657. The molecule has 1 saturated carbocycles. The van der Waals surface area contributed by atoms with Gasteiger partial charge in [0.25, 0.3) is 0 Å². The molecule has 1 heteroatoms. The number of nitriles is 1. The van der Waals surface area contributed by atoms with Crippen LogP contribution < -0.4 is 0 Å². The number of rotatable bonds is 2. The standard InChI is InChI=1S/C18H33N/c1-11(10-19)14(4)18(9)16(6)13(3)12(2)15(5)17(18,7)8/h11-16H,1-9H3. The largest absolute Gasteiger partial charge is 0.198 e. The first-order chi connectivity index (χ1) is 8.53. The smallest absolute Gasteiger partial charge is 0.0655 e. The van der Waals surface area contributed by atoms with Crippen molar-refractivity contribution in [2.24, 2.45) is 46.3 Å². The van der Waals surface area contributed by atoms with Crippen LogP contribution in [-0.4, -0.2) is 0 Å². The summed E-state index contributed by atoms with van der Waals surface area (Å²) in [5, 5.41) is 9.34. The highest BCUT2D eigenvalue weighted by molar-refractivity contribution is 5.08. The minimum Gasteiger partial charge on any atom is -0.198 e. The molecule has 0 amide bonds. The lowest BCUT2D eigenvalue weighted by atomic mass is 9.41. The minimum absolute atomic E-state index is 0.125. The summed E-state index contributed by atoms with van der Waals surface area (Å²) >= 11 is 0. The molecule has 19 heavy (non-hydrogen) atoms.